The van der Waals surface area contributed by atoms with Crippen LogP contribution >= 0.6 is 15.9 Å². The molecule has 0 saturated carbocycles. The number of amides is 1. The van der Waals surface area contributed by atoms with Gasteiger partial charge in [-0.2, -0.15) is 0 Å². The Labute approximate surface area is 115 Å². The van der Waals surface area contributed by atoms with Crippen molar-refractivity contribution in [3.05, 3.63) is 22.7 Å². The molecule has 0 aliphatic carbocycles. The molecule has 1 atom stereocenters. The van der Waals surface area contributed by atoms with Gasteiger partial charge in [0.05, 0.1) is 7.11 Å². The number of ether oxygens (including phenoxy) is 1. The van der Waals surface area contributed by atoms with E-state index in [1.165, 1.54) is 0 Å². The van der Waals surface area contributed by atoms with Crippen LogP contribution in [-0.2, 0) is 4.79 Å². The summed E-state index contributed by atoms with van der Waals surface area (Å²) >= 11 is 3.43. The molecule has 98 valence electrons. The molecular formula is C13H17BrN2O2. The van der Waals surface area contributed by atoms with Crippen LogP contribution in [0.4, 0.5) is 5.69 Å². The van der Waals surface area contributed by atoms with E-state index in [1.54, 1.807) is 7.11 Å². The van der Waals surface area contributed by atoms with E-state index < -0.39 is 0 Å². The number of rotatable bonds is 3. The molecule has 1 amide bonds. The molecule has 0 aromatic heterocycles. The van der Waals surface area contributed by atoms with Gasteiger partial charge in [0.25, 0.3) is 0 Å². The minimum absolute atomic E-state index is 0.0754. The number of anilines is 1. The largest absolute Gasteiger partial charge is 0.497 e. The molecule has 5 heteroatoms. The summed E-state index contributed by atoms with van der Waals surface area (Å²) in [6, 6.07) is 5.56. The van der Waals surface area contributed by atoms with Gasteiger partial charge in [-0.25, -0.2) is 0 Å². The predicted octanol–water partition coefficient (Wildman–Crippen LogP) is 2.54. The van der Waals surface area contributed by atoms with Gasteiger partial charge in [-0.15, -0.1) is 0 Å². The number of carbonyl (C=O) groups is 1. The zero-order chi connectivity index (χ0) is 13.0. The fourth-order valence-electron chi connectivity index (χ4n) is 2.04. The second kappa shape index (κ2) is 6.09. The molecule has 1 aliphatic rings. The Morgan fingerprint density at radius 3 is 3.00 bits per heavy atom. The lowest BCUT2D eigenvalue weighted by molar-refractivity contribution is -0.121. The standard InChI is InChI=1S/C13H17BrN2O2/c1-18-11-7-9(14)6-10(8-11)16-12-4-2-3-5-15-13(12)17/h6-8,12,16H,2-5H2,1H3,(H,15,17). The van der Waals surface area contributed by atoms with E-state index in [1.807, 2.05) is 18.2 Å². The minimum atomic E-state index is -0.161. The Morgan fingerprint density at radius 1 is 1.39 bits per heavy atom. The first-order chi connectivity index (χ1) is 8.69. The smallest absolute Gasteiger partial charge is 0.242 e. The van der Waals surface area contributed by atoms with Crippen LogP contribution in [0.25, 0.3) is 0 Å². The summed E-state index contributed by atoms with van der Waals surface area (Å²) in [5.74, 6) is 0.840. The third-order valence-corrected chi connectivity index (χ3v) is 3.44. The predicted molar refractivity (Wildman–Crippen MR) is 75.0 cm³/mol. The first-order valence-corrected chi connectivity index (χ1v) is 6.87. The maximum absolute atomic E-state index is 11.8. The highest BCUT2D eigenvalue weighted by Crippen LogP contribution is 2.25. The van der Waals surface area contributed by atoms with Crippen molar-refractivity contribution in [1.82, 2.24) is 5.32 Å². The zero-order valence-electron chi connectivity index (χ0n) is 10.3. The maximum atomic E-state index is 11.8. The van der Waals surface area contributed by atoms with Gasteiger partial charge in [-0.3, -0.25) is 4.79 Å². The van der Waals surface area contributed by atoms with Crippen LogP contribution < -0.4 is 15.4 Å². The van der Waals surface area contributed by atoms with Crippen LogP contribution in [0.1, 0.15) is 19.3 Å². The molecule has 1 fully saturated rings. The van der Waals surface area contributed by atoms with E-state index in [0.29, 0.717) is 0 Å². The van der Waals surface area contributed by atoms with Crippen LogP contribution in [0.15, 0.2) is 22.7 Å². The van der Waals surface area contributed by atoms with Crippen LogP contribution in [-0.4, -0.2) is 25.6 Å². The molecule has 0 spiro atoms. The molecule has 1 aromatic rings. The summed E-state index contributed by atoms with van der Waals surface area (Å²) in [6.45, 7) is 0.777. The Bertz CT molecular complexity index is 437. The molecule has 1 aromatic carbocycles. The van der Waals surface area contributed by atoms with Crippen molar-refractivity contribution in [2.75, 3.05) is 19.0 Å². The fourth-order valence-corrected chi connectivity index (χ4v) is 2.51. The topological polar surface area (TPSA) is 50.4 Å². The van der Waals surface area contributed by atoms with E-state index in [2.05, 4.69) is 26.6 Å². The normalized spacial score (nSPS) is 19.9. The van der Waals surface area contributed by atoms with Gasteiger partial charge >= 0.3 is 0 Å². The van der Waals surface area contributed by atoms with Gasteiger partial charge in [0.1, 0.15) is 11.8 Å². The van der Waals surface area contributed by atoms with Crippen molar-refractivity contribution >= 4 is 27.5 Å². The molecule has 1 aliphatic heterocycles. The first-order valence-electron chi connectivity index (χ1n) is 6.08. The van der Waals surface area contributed by atoms with Crippen molar-refractivity contribution in [3.63, 3.8) is 0 Å². The molecular weight excluding hydrogens is 296 g/mol. The molecule has 2 rings (SSSR count). The molecule has 1 heterocycles. The second-order valence-electron chi connectivity index (χ2n) is 4.36. The highest BCUT2D eigenvalue weighted by molar-refractivity contribution is 9.10. The summed E-state index contributed by atoms with van der Waals surface area (Å²) in [4.78, 5) is 11.8. The fraction of sp³-hybridized carbons (Fsp3) is 0.462. The first kappa shape index (κ1) is 13.2. The van der Waals surface area contributed by atoms with Gasteiger partial charge in [-0.05, 0) is 31.4 Å². The summed E-state index contributed by atoms with van der Waals surface area (Å²) in [7, 11) is 1.63. The average molecular weight is 313 g/mol. The van der Waals surface area contributed by atoms with Gasteiger partial charge < -0.3 is 15.4 Å². The third-order valence-electron chi connectivity index (χ3n) is 2.98. The summed E-state index contributed by atoms with van der Waals surface area (Å²) in [5, 5.41) is 6.18. The van der Waals surface area contributed by atoms with E-state index in [4.69, 9.17) is 4.74 Å². The summed E-state index contributed by atoms with van der Waals surface area (Å²) in [6.07, 6.45) is 2.97. The molecule has 2 N–H and O–H groups in total. The maximum Gasteiger partial charge on any atom is 0.242 e. The number of nitrogens with one attached hydrogen (secondary N) is 2. The lowest BCUT2D eigenvalue weighted by Gasteiger charge is -2.17. The molecule has 1 unspecified atom stereocenters. The number of hydrogen-bond acceptors (Lipinski definition) is 3. The molecule has 0 bridgehead atoms. The number of methoxy groups -OCH3 is 1. The number of hydrogen-bond donors (Lipinski definition) is 2. The summed E-state index contributed by atoms with van der Waals surface area (Å²) in [5.41, 5.74) is 0.892. The van der Waals surface area contributed by atoms with Crippen LogP contribution in [0.5, 0.6) is 5.75 Å². The monoisotopic (exact) mass is 312 g/mol. The molecule has 1 saturated heterocycles. The number of carbonyl (C=O) groups excluding carboxylic acids is 1. The third kappa shape index (κ3) is 3.38. The minimum Gasteiger partial charge on any atom is -0.497 e. The van der Waals surface area contributed by atoms with Gasteiger partial charge in [-0.1, -0.05) is 15.9 Å². The van der Waals surface area contributed by atoms with Gasteiger partial charge in [0.2, 0.25) is 5.91 Å². The highest BCUT2D eigenvalue weighted by Gasteiger charge is 2.20. The van der Waals surface area contributed by atoms with Crippen molar-refractivity contribution in [1.29, 1.82) is 0 Å². The van der Waals surface area contributed by atoms with Gasteiger partial charge in [0, 0.05) is 22.8 Å². The number of halogens is 1. The highest BCUT2D eigenvalue weighted by atomic mass is 79.9. The number of benzene rings is 1. The van der Waals surface area contributed by atoms with E-state index in [9.17, 15) is 4.79 Å². The van der Waals surface area contributed by atoms with Crippen LogP contribution in [0.3, 0.4) is 0 Å². The van der Waals surface area contributed by atoms with Gasteiger partial charge in [0.15, 0.2) is 0 Å². The second-order valence-corrected chi connectivity index (χ2v) is 5.28. The van der Waals surface area contributed by atoms with Crippen molar-refractivity contribution in [2.45, 2.75) is 25.3 Å². The SMILES string of the molecule is COc1cc(Br)cc(NC2CCCCNC2=O)c1. The lowest BCUT2D eigenvalue weighted by atomic mass is 10.1. The quantitative estimate of drug-likeness (QED) is 0.901. The van der Waals surface area contributed by atoms with Crippen molar-refractivity contribution in [2.24, 2.45) is 0 Å². The Balaban J connectivity index is 2.12. The Hall–Kier alpha value is -1.23. The van der Waals surface area contributed by atoms with E-state index >= 15 is 0 Å². The average Bonchev–Trinajstić information content (AvgIpc) is 2.54. The van der Waals surface area contributed by atoms with Crippen LogP contribution in [0, 0.1) is 0 Å². The molecule has 4 nitrogen and oxygen atoms in total. The lowest BCUT2D eigenvalue weighted by Crippen LogP contribution is -2.37. The summed E-state index contributed by atoms with van der Waals surface area (Å²) < 4.78 is 6.13. The van der Waals surface area contributed by atoms with E-state index in [0.717, 1.165) is 41.7 Å². The van der Waals surface area contributed by atoms with E-state index in [-0.39, 0.29) is 11.9 Å². The van der Waals surface area contributed by atoms with Crippen LogP contribution in [0.2, 0.25) is 0 Å². The van der Waals surface area contributed by atoms with Crippen molar-refractivity contribution in [3.8, 4) is 5.75 Å². The zero-order valence-corrected chi connectivity index (χ0v) is 11.9. The Kier molecular flexibility index (Phi) is 4.47. The van der Waals surface area contributed by atoms with Crippen molar-refractivity contribution < 1.29 is 9.53 Å². The molecule has 18 heavy (non-hydrogen) atoms. The Morgan fingerprint density at radius 2 is 2.22 bits per heavy atom. The molecule has 0 radical (unpaired) electrons.